The Labute approximate surface area is 166 Å². The highest BCUT2D eigenvalue weighted by Gasteiger charge is 2.18. The van der Waals surface area contributed by atoms with Gasteiger partial charge in [-0.2, -0.15) is 0 Å². The Balaban J connectivity index is 1.42. The normalized spacial score (nSPS) is 15.3. The number of nitrogens with zero attached hydrogens (tertiary/aromatic N) is 4. The molecule has 0 amide bonds. The van der Waals surface area contributed by atoms with Gasteiger partial charge < -0.3 is 4.90 Å². The van der Waals surface area contributed by atoms with Crippen LogP contribution >= 0.6 is 0 Å². The second kappa shape index (κ2) is 7.76. The van der Waals surface area contributed by atoms with Gasteiger partial charge in [0.15, 0.2) is 0 Å². The van der Waals surface area contributed by atoms with Crippen molar-refractivity contribution in [1.82, 2.24) is 14.3 Å². The van der Waals surface area contributed by atoms with Crippen molar-refractivity contribution in [3.05, 3.63) is 75.3 Å². The van der Waals surface area contributed by atoms with Crippen LogP contribution in [-0.2, 0) is 6.42 Å². The maximum Gasteiger partial charge on any atom is 0.261 e. The summed E-state index contributed by atoms with van der Waals surface area (Å²) in [5.41, 5.74) is 6.16. The van der Waals surface area contributed by atoms with E-state index in [0.29, 0.717) is 0 Å². The number of pyridine rings is 1. The number of anilines is 1. The van der Waals surface area contributed by atoms with Crippen LogP contribution in [0.1, 0.15) is 22.4 Å². The highest BCUT2D eigenvalue weighted by molar-refractivity contribution is 5.49. The van der Waals surface area contributed by atoms with Crippen molar-refractivity contribution in [3.63, 3.8) is 0 Å². The number of hydrogen-bond acceptors (Lipinski definition) is 4. The van der Waals surface area contributed by atoms with Crippen LogP contribution in [0.5, 0.6) is 0 Å². The lowest BCUT2D eigenvalue weighted by Crippen LogP contribution is -2.47. The van der Waals surface area contributed by atoms with Gasteiger partial charge in [0.2, 0.25) is 0 Å². The molecule has 0 saturated carbocycles. The molecule has 4 rings (SSSR count). The van der Waals surface area contributed by atoms with E-state index in [4.69, 9.17) is 4.98 Å². The molecule has 0 bridgehead atoms. The molecule has 5 heteroatoms. The second-order valence-corrected chi connectivity index (χ2v) is 7.78. The Morgan fingerprint density at radius 2 is 1.68 bits per heavy atom. The summed E-state index contributed by atoms with van der Waals surface area (Å²) in [5.74, 6) is 0. The Bertz CT molecular complexity index is 1030. The summed E-state index contributed by atoms with van der Waals surface area (Å²) in [6.45, 7) is 11.1. The number of benzene rings is 1. The third-order valence-electron chi connectivity index (χ3n) is 5.80. The van der Waals surface area contributed by atoms with E-state index in [-0.39, 0.29) is 5.56 Å². The lowest BCUT2D eigenvalue weighted by molar-refractivity contribution is 0.260. The van der Waals surface area contributed by atoms with E-state index in [9.17, 15) is 4.79 Å². The zero-order valence-corrected chi connectivity index (χ0v) is 17.0. The predicted octanol–water partition coefficient (Wildman–Crippen LogP) is 2.98. The molecule has 1 aliphatic rings. The first-order valence-corrected chi connectivity index (χ1v) is 10.0. The van der Waals surface area contributed by atoms with Crippen LogP contribution < -0.4 is 10.5 Å². The molecule has 0 unspecified atom stereocenters. The van der Waals surface area contributed by atoms with Crippen LogP contribution in [0.15, 0.2) is 47.4 Å². The highest BCUT2D eigenvalue weighted by Crippen LogP contribution is 2.17. The molecule has 3 aromatic rings. The molecule has 3 heterocycles. The van der Waals surface area contributed by atoms with E-state index in [2.05, 4.69) is 41.0 Å². The minimum Gasteiger partial charge on any atom is -0.369 e. The third-order valence-corrected chi connectivity index (χ3v) is 5.80. The Kier molecular flexibility index (Phi) is 5.18. The smallest absolute Gasteiger partial charge is 0.261 e. The van der Waals surface area contributed by atoms with Gasteiger partial charge in [-0.3, -0.25) is 14.1 Å². The van der Waals surface area contributed by atoms with E-state index in [0.717, 1.165) is 61.6 Å². The highest BCUT2D eigenvalue weighted by atomic mass is 16.1. The predicted molar refractivity (Wildman–Crippen MR) is 114 cm³/mol. The average Bonchev–Trinajstić information content (AvgIpc) is 2.70. The fourth-order valence-corrected chi connectivity index (χ4v) is 3.98. The van der Waals surface area contributed by atoms with Gasteiger partial charge in [-0.05, 0) is 51.0 Å². The van der Waals surface area contributed by atoms with Gasteiger partial charge in [0.05, 0.1) is 0 Å². The molecule has 2 aromatic heterocycles. The SMILES string of the molecule is Cc1ccc(N2CCN(CCc3c(C)nc4c(C)cccn4c3=O)CC2)cc1. The van der Waals surface area contributed by atoms with Gasteiger partial charge in [-0.1, -0.05) is 23.8 Å². The van der Waals surface area contributed by atoms with Crippen LogP contribution in [0.25, 0.3) is 5.65 Å². The molecule has 5 nitrogen and oxygen atoms in total. The number of aromatic nitrogens is 2. The summed E-state index contributed by atoms with van der Waals surface area (Å²) in [5, 5.41) is 0. The number of fused-ring (bicyclic) bond motifs is 1. The fraction of sp³-hybridized carbons (Fsp3) is 0.391. The largest absolute Gasteiger partial charge is 0.369 e. The first-order valence-electron chi connectivity index (χ1n) is 10.0. The summed E-state index contributed by atoms with van der Waals surface area (Å²) in [6.07, 6.45) is 2.57. The Morgan fingerprint density at radius 3 is 2.39 bits per heavy atom. The van der Waals surface area contributed by atoms with Crippen molar-refractivity contribution in [2.75, 3.05) is 37.6 Å². The van der Waals surface area contributed by atoms with Crippen LogP contribution in [0, 0.1) is 20.8 Å². The van der Waals surface area contributed by atoms with Crippen LogP contribution in [0.4, 0.5) is 5.69 Å². The number of piperazine rings is 1. The lowest BCUT2D eigenvalue weighted by Gasteiger charge is -2.36. The topological polar surface area (TPSA) is 40.9 Å². The van der Waals surface area contributed by atoms with E-state index >= 15 is 0 Å². The Hall–Kier alpha value is -2.66. The molecule has 1 fully saturated rings. The zero-order chi connectivity index (χ0) is 19.7. The van der Waals surface area contributed by atoms with Gasteiger partial charge >= 0.3 is 0 Å². The van der Waals surface area contributed by atoms with Gasteiger partial charge in [0, 0.05) is 55.9 Å². The lowest BCUT2D eigenvalue weighted by atomic mass is 10.1. The maximum absolute atomic E-state index is 12.9. The van der Waals surface area contributed by atoms with Crippen molar-refractivity contribution in [1.29, 1.82) is 0 Å². The summed E-state index contributed by atoms with van der Waals surface area (Å²) in [7, 11) is 0. The molecule has 146 valence electrons. The van der Waals surface area contributed by atoms with Crippen LogP contribution in [0.2, 0.25) is 0 Å². The molecular weight excluding hydrogens is 348 g/mol. The van der Waals surface area contributed by atoms with Crippen LogP contribution in [-0.4, -0.2) is 47.0 Å². The van der Waals surface area contributed by atoms with Crippen molar-refractivity contribution in [2.45, 2.75) is 27.2 Å². The quantitative estimate of drug-likeness (QED) is 0.702. The maximum atomic E-state index is 12.9. The van der Waals surface area contributed by atoms with E-state index < -0.39 is 0 Å². The molecule has 1 aliphatic heterocycles. The van der Waals surface area contributed by atoms with Gasteiger partial charge in [-0.15, -0.1) is 0 Å². The molecule has 0 atom stereocenters. The second-order valence-electron chi connectivity index (χ2n) is 7.78. The number of aryl methyl sites for hydroxylation is 3. The Morgan fingerprint density at radius 1 is 0.964 bits per heavy atom. The molecular formula is C23H28N4O. The molecule has 28 heavy (non-hydrogen) atoms. The van der Waals surface area contributed by atoms with Crippen LogP contribution in [0.3, 0.4) is 0 Å². The summed E-state index contributed by atoms with van der Waals surface area (Å²) in [4.78, 5) is 22.5. The van der Waals surface area contributed by atoms with E-state index in [1.54, 1.807) is 4.40 Å². The summed E-state index contributed by atoms with van der Waals surface area (Å²) >= 11 is 0. The molecule has 0 N–H and O–H groups in total. The van der Waals surface area contributed by atoms with Gasteiger partial charge in [0.1, 0.15) is 5.65 Å². The molecule has 0 spiro atoms. The zero-order valence-electron chi connectivity index (χ0n) is 17.0. The van der Waals surface area contributed by atoms with E-state index in [1.165, 1.54) is 11.3 Å². The number of hydrogen-bond donors (Lipinski definition) is 0. The van der Waals surface area contributed by atoms with Crippen molar-refractivity contribution >= 4 is 11.3 Å². The standard InChI is InChI=1S/C23H28N4O/c1-17-6-8-20(9-7-17)26-15-13-25(14-16-26)12-10-21-19(3)24-22-18(2)5-4-11-27(22)23(21)28/h4-9,11H,10,12-16H2,1-3H3. The first kappa shape index (κ1) is 18.7. The summed E-state index contributed by atoms with van der Waals surface area (Å²) in [6, 6.07) is 12.7. The van der Waals surface area contributed by atoms with Crippen molar-refractivity contribution in [3.8, 4) is 0 Å². The summed E-state index contributed by atoms with van der Waals surface area (Å²) < 4.78 is 1.69. The van der Waals surface area contributed by atoms with Crippen molar-refractivity contribution in [2.24, 2.45) is 0 Å². The molecule has 0 radical (unpaired) electrons. The van der Waals surface area contributed by atoms with Gasteiger partial charge in [0.25, 0.3) is 5.56 Å². The van der Waals surface area contributed by atoms with Gasteiger partial charge in [-0.25, -0.2) is 4.98 Å². The monoisotopic (exact) mass is 376 g/mol. The minimum absolute atomic E-state index is 0.0736. The molecule has 1 saturated heterocycles. The number of rotatable bonds is 4. The van der Waals surface area contributed by atoms with E-state index in [1.807, 2.05) is 32.2 Å². The minimum atomic E-state index is 0.0736. The molecule has 0 aliphatic carbocycles. The molecule has 1 aromatic carbocycles. The first-order chi connectivity index (χ1) is 13.5. The fourth-order valence-electron chi connectivity index (χ4n) is 3.98. The average molecular weight is 377 g/mol. The van der Waals surface area contributed by atoms with Crippen molar-refractivity contribution < 1.29 is 0 Å². The third kappa shape index (κ3) is 3.67.